The molecule has 0 aliphatic heterocycles. The van der Waals surface area contributed by atoms with Crippen LogP contribution in [0.5, 0.6) is 0 Å². The van der Waals surface area contributed by atoms with Crippen LogP contribution in [0.2, 0.25) is 0 Å². The highest BCUT2D eigenvalue weighted by Gasteiger charge is 2.15. The van der Waals surface area contributed by atoms with E-state index in [1.807, 2.05) is 41.2 Å². The Kier molecular flexibility index (Phi) is 3.53. The molecule has 19 heavy (non-hydrogen) atoms. The molecule has 0 amide bonds. The summed E-state index contributed by atoms with van der Waals surface area (Å²) in [5.74, 6) is 0.821. The van der Waals surface area contributed by atoms with Crippen molar-refractivity contribution in [2.75, 3.05) is 0 Å². The number of imidazole rings is 1. The van der Waals surface area contributed by atoms with Crippen molar-refractivity contribution in [1.29, 1.82) is 0 Å². The van der Waals surface area contributed by atoms with Crippen molar-refractivity contribution < 1.29 is 0 Å². The predicted octanol–water partition coefficient (Wildman–Crippen LogP) is 3.02. The number of hydrogen-bond donors (Lipinski definition) is 0. The molecule has 0 saturated heterocycles. The average molecular weight is 255 g/mol. The Hall–Kier alpha value is -1.77. The van der Waals surface area contributed by atoms with Gasteiger partial charge in [-0.2, -0.15) is 0 Å². The average Bonchev–Trinajstić information content (AvgIpc) is 3.07. The van der Waals surface area contributed by atoms with Gasteiger partial charge in [-0.15, -0.1) is 0 Å². The first kappa shape index (κ1) is 12.3. The van der Waals surface area contributed by atoms with Gasteiger partial charge >= 0.3 is 5.69 Å². The second-order valence-corrected chi connectivity index (χ2v) is 5.34. The van der Waals surface area contributed by atoms with Gasteiger partial charge in [-0.3, -0.25) is 9.13 Å². The number of hydrogen-bond acceptors (Lipinski definition) is 1. The van der Waals surface area contributed by atoms with Crippen molar-refractivity contribution >= 4 is 0 Å². The Morgan fingerprint density at radius 2 is 1.89 bits per heavy atom. The molecule has 99 valence electrons. The first-order valence-corrected chi connectivity index (χ1v) is 7.09. The van der Waals surface area contributed by atoms with Gasteiger partial charge in [0, 0.05) is 18.9 Å². The highest BCUT2D eigenvalue weighted by molar-refractivity contribution is 5.30. The van der Waals surface area contributed by atoms with Gasteiger partial charge in [0.1, 0.15) is 0 Å². The van der Waals surface area contributed by atoms with Crippen LogP contribution in [0.1, 0.15) is 32.1 Å². The van der Waals surface area contributed by atoms with Gasteiger partial charge in [0.25, 0.3) is 0 Å². The van der Waals surface area contributed by atoms with Crippen LogP contribution in [0.15, 0.2) is 41.5 Å². The largest absolute Gasteiger partial charge is 0.332 e. The highest BCUT2D eigenvalue weighted by atomic mass is 16.1. The van der Waals surface area contributed by atoms with Gasteiger partial charge in [0.15, 0.2) is 0 Å². The normalized spacial score (nSPS) is 16.0. The summed E-state index contributed by atoms with van der Waals surface area (Å²) in [6.45, 7) is 0.843. The van der Waals surface area contributed by atoms with Gasteiger partial charge < -0.3 is 0 Å². The van der Waals surface area contributed by atoms with Crippen LogP contribution < -0.4 is 5.69 Å². The molecule has 1 fully saturated rings. The van der Waals surface area contributed by atoms with E-state index in [-0.39, 0.29) is 5.69 Å². The van der Waals surface area contributed by atoms with E-state index < -0.39 is 0 Å². The molecule has 1 aromatic carbocycles. The molecule has 3 heteroatoms. The molecule has 1 aliphatic carbocycles. The minimum absolute atomic E-state index is 0.0594. The summed E-state index contributed by atoms with van der Waals surface area (Å²) in [6, 6.07) is 10.4. The first-order valence-electron chi connectivity index (χ1n) is 7.09. The molecule has 1 aliphatic rings. The number of rotatable bonds is 4. The van der Waals surface area contributed by atoms with Crippen molar-refractivity contribution in [3.05, 3.63) is 53.2 Å². The number of nitrogens with zero attached hydrogens (tertiary/aromatic N) is 2. The minimum atomic E-state index is 0.0594. The summed E-state index contributed by atoms with van der Waals surface area (Å²) < 4.78 is 3.53. The maximum absolute atomic E-state index is 12.3. The summed E-state index contributed by atoms with van der Waals surface area (Å²) >= 11 is 0. The van der Waals surface area contributed by atoms with Crippen molar-refractivity contribution in [3.63, 3.8) is 0 Å². The van der Waals surface area contributed by atoms with Crippen LogP contribution >= 0.6 is 0 Å². The Morgan fingerprint density at radius 1 is 1.16 bits per heavy atom. The summed E-state index contributed by atoms with van der Waals surface area (Å²) in [4.78, 5) is 12.3. The summed E-state index contributed by atoms with van der Waals surface area (Å²) in [7, 11) is 0. The van der Waals surface area contributed by atoms with Gasteiger partial charge in [0.2, 0.25) is 0 Å². The van der Waals surface area contributed by atoms with E-state index in [9.17, 15) is 4.79 Å². The van der Waals surface area contributed by atoms with Crippen LogP contribution in [0.4, 0.5) is 0 Å². The predicted molar refractivity (Wildman–Crippen MR) is 75.4 cm³/mol. The molecular formula is C16H19N2O. The Labute approximate surface area is 113 Å². The van der Waals surface area contributed by atoms with Crippen molar-refractivity contribution in [2.24, 2.45) is 5.92 Å². The van der Waals surface area contributed by atoms with E-state index in [4.69, 9.17) is 0 Å². The molecule has 2 aromatic rings. The van der Waals surface area contributed by atoms with Crippen molar-refractivity contribution in [1.82, 2.24) is 9.13 Å². The van der Waals surface area contributed by atoms with Crippen LogP contribution in [0.3, 0.4) is 0 Å². The molecule has 0 N–H and O–H groups in total. The quantitative estimate of drug-likeness (QED) is 0.825. The highest BCUT2D eigenvalue weighted by Crippen LogP contribution is 2.27. The number of benzene rings is 1. The molecule has 0 atom stereocenters. The lowest BCUT2D eigenvalue weighted by Crippen LogP contribution is -2.23. The van der Waals surface area contributed by atoms with E-state index in [1.165, 1.54) is 25.7 Å². The van der Waals surface area contributed by atoms with Crippen molar-refractivity contribution in [2.45, 2.75) is 38.6 Å². The van der Waals surface area contributed by atoms with E-state index in [2.05, 4.69) is 6.07 Å². The van der Waals surface area contributed by atoms with Crippen LogP contribution in [0.25, 0.3) is 5.69 Å². The molecule has 3 nitrogen and oxygen atoms in total. The molecule has 1 aromatic heterocycles. The van der Waals surface area contributed by atoms with E-state index >= 15 is 0 Å². The van der Waals surface area contributed by atoms with Gasteiger partial charge in [-0.05, 0) is 30.5 Å². The SMILES string of the molecule is O=c1n(CCC2CCCC2)ccn1-c1cc[c]cc1. The molecule has 1 radical (unpaired) electrons. The molecule has 3 rings (SSSR count). The maximum atomic E-state index is 12.3. The Bertz CT molecular complexity index is 576. The minimum Gasteiger partial charge on any atom is -0.299 e. The Morgan fingerprint density at radius 3 is 2.63 bits per heavy atom. The third kappa shape index (κ3) is 2.65. The van der Waals surface area contributed by atoms with Crippen LogP contribution in [-0.4, -0.2) is 9.13 Å². The summed E-state index contributed by atoms with van der Waals surface area (Å²) in [5.41, 5.74) is 0.965. The third-order valence-electron chi connectivity index (χ3n) is 4.08. The topological polar surface area (TPSA) is 26.9 Å². The number of aromatic nitrogens is 2. The monoisotopic (exact) mass is 255 g/mol. The molecule has 0 bridgehead atoms. The van der Waals surface area contributed by atoms with Gasteiger partial charge in [-0.1, -0.05) is 37.8 Å². The lowest BCUT2D eigenvalue weighted by Gasteiger charge is -2.08. The molecule has 1 heterocycles. The summed E-state index contributed by atoms with van der Waals surface area (Å²) in [5, 5.41) is 0. The molecular weight excluding hydrogens is 236 g/mol. The van der Waals surface area contributed by atoms with Crippen LogP contribution in [0, 0.1) is 12.0 Å². The van der Waals surface area contributed by atoms with Gasteiger partial charge in [-0.25, -0.2) is 4.79 Å². The zero-order valence-corrected chi connectivity index (χ0v) is 11.1. The molecule has 0 unspecified atom stereocenters. The Balaban J connectivity index is 1.74. The van der Waals surface area contributed by atoms with E-state index in [0.29, 0.717) is 0 Å². The summed E-state index contributed by atoms with van der Waals surface area (Å²) in [6.07, 6.45) is 10.3. The zero-order valence-electron chi connectivity index (χ0n) is 11.1. The smallest absolute Gasteiger partial charge is 0.299 e. The number of aryl methyl sites for hydroxylation is 1. The lowest BCUT2D eigenvalue weighted by atomic mass is 10.0. The third-order valence-corrected chi connectivity index (χ3v) is 4.08. The fourth-order valence-corrected chi connectivity index (χ4v) is 2.94. The van der Waals surface area contributed by atoms with Crippen LogP contribution in [-0.2, 0) is 6.54 Å². The lowest BCUT2D eigenvalue weighted by molar-refractivity contribution is 0.452. The van der Waals surface area contributed by atoms with Crippen molar-refractivity contribution in [3.8, 4) is 5.69 Å². The fourth-order valence-electron chi connectivity index (χ4n) is 2.94. The maximum Gasteiger partial charge on any atom is 0.332 e. The van der Waals surface area contributed by atoms with Gasteiger partial charge in [0.05, 0.1) is 5.69 Å². The molecule has 0 spiro atoms. The first-order chi connectivity index (χ1) is 9.34. The second-order valence-electron chi connectivity index (χ2n) is 5.34. The standard InChI is InChI=1S/C16H19N2O/c19-16-17(11-10-14-6-4-5-7-14)12-13-18(16)15-8-2-1-3-9-15/h2-3,8-9,12-14H,4-7,10-11H2. The van der Waals surface area contributed by atoms with E-state index in [0.717, 1.165) is 24.6 Å². The zero-order chi connectivity index (χ0) is 13.1. The fraction of sp³-hybridized carbons (Fsp3) is 0.438. The second kappa shape index (κ2) is 5.47. The molecule has 1 saturated carbocycles. The van der Waals surface area contributed by atoms with E-state index in [1.54, 1.807) is 4.57 Å².